The zero-order valence-corrected chi connectivity index (χ0v) is 23.5. The van der Waals surface area contributed by atoms with Gasteiger partial charge in [-0.05, 0) is 57.8 Å². The van der Waals surface area contributed by atoms with Crippen molar-refractivity contribution in [1.82, 2.24) is 4.90 Å². The third-order valence-corrected chi connectivity index (χ3v) is 8.04. The molecule has 1 unspecified atom stereocenters. The molecular formula is C29H30F3N3O5S. The van der Waals surface area contributed by atoms with Gasteiger partial charge in [-0.25, -0.2) is 8.42 Å². The molecule has 0 fully saturated rings. The van der Waals surface area contributed by atoms with Crippen molar-refractivity contribution < 1.29 is 36.2 Å². The standard InChI is InChI=1S/C29H30F3N3O5S/c1-28(37,27(36)34-21-14-13-20(18-33)24(17-21)29(30,31)32)19-41(38,39)26-12-7-5-10-23(26)22-9-4-6-11-25(22)40-16-8-15-35(2)3/h4-7,9-14,17,37H,8,15-16,19H2,1-3H3,(H,34,36). The fraction of sp³-hybridized carbons (Fsp3) is 0.310. The third-order valence-electron chi connectivity index (χ3n) is 6.07. The van der Waals surface area contributed by atoms with Crippen molar-refractivity contribution >= 4 is 21.4 Å². The molecule has 0 bridgehead atoms. The molecule has 1 amide bonds. The van der Waals surface area contributed by atoms with Crippen molar-refractivity contribution in [2.75, 3.05) is 38.3 Å². The molecule has 0 saturated heterocycles. The summed E-state index contributed by atoms with van der Waals surface area (Å²) in [5, 5.41) is 22.0. The summed E-state index contributed by atoms with van der Waals surface area (Å²) >= 11 is 0. The maximum atomic E-state index is 13.5. The highest BCUT2D eigenvalue weighted by atomic mass is 32.2. The van der Waals surface area contributed by atoms with E-state index in [1.165, 1.54) is 18.2 Å². The number of benzene rings is 3. The van der Waals surface area contributed by atoms with Crippen LogP contribution < -0.4 is 10.1 Å². The van der Waals surface area contributed by atoms with Gasteiger partial charge in [0.25, 0.3) is 5.91 Å². The molecule has 0 aliphatic rings. The van der Waals surface area contributed by atoms with Crippen LogP contribution in [0.15, 0.2) is 71.6 Å². The molecule has 8 nitrogen and oxygen atoms in total. The number of amides is 1. The summed E-state index contributed by atoms with van der Waals surface area (Å²) in [4.78, 5) is 14.7. The molecule has 0 heterocycles. The smallest absolute Gasteiger partial charge is 0.417 e. The van der Waals surface area contributed by atoms with Gasteiger partial charge in [0, 0.05) is 23.4 Å². The van der Waals surface area contributed by atoms with Crippen LogP contribution in [0, 0.1) is 11.3 Å². The minimum Gasteiger partial charge on any atom is -0.493 e. The van der Waals surface area contributed by atoms with E-state index in [-0.39, 0.29) is 10.6 Å². The number of nitrogens with zero attached hydrogens (tertiary/aromatic N) is 2. The predicted octanol–water partition coefficient (Wildman–Crippen LogP) is 4.74. The van der Waals surface area contributed by atoms with E-state index in [1.807, 2.05) is 19.0 Å². The Hall–Kier alpha value is -3.92. The quantitative estimate of drug-likeness (QED) is 0.310. The molecule has 0 saturated carbocycles. The van der Waals surface area contributed by atoms with Gasteiger partial charge in [-0.15, -0.1) is 0 Å². The fourth-order valence-corrected chi connectivity index (χ4v) is 5.90. The van der Waals surface area contributed by atoms with Gasteiger partial charge in [-0.1, -0.05) is 36.4 Å². The number of aliphatic hydroxyl groups is 1. The van der Waals surface area contributed by atoms with E-state index in [1.54, 1.807) is 36.4 Å². The Morgan fingerprint density at radius 1 is 1.05 bits per heavy atom. The molecule has 2 N–H and O–H groups in total. The maximum Gasteiger partial charge on any atom is 0.417 e. The summed E-state index contributed by atoms with van der Waals surface area (Å²) in [6, 6.07) is 16.9. The van der Waals surface area contributed by atoms with Gasteiger partial charge in [0.05, 0.1) is 34.5 Å². The topological polar surface area (TPSA) is 120 Å². The van der Waals surface area contributed by atoms with E-state index in [0.717, 1.165) is 32.0 Å². The molecule has 218 valence electrons. The van der Waals surface area contributed by atoms with Crippen LogP contribution in [0.2, 0.25) is 0 Å². The lowest BCUT2D eigenvalue weighted by Gasteiger charge is -2.23. The van der Waals surface area contributed by atoms with Crippen LogP contribution in [0.5, 0.6) is 5.75 Å². The number of nitriles is 1. The third kappa shape index (κ3) is 8.07. The molecule has 0 aliphatic heterocycles. The van der Waals surface area contributed by atoms with Gasteiger partial charge in [0.15, 0.2) is 15.4 Å². The van der Waals surface area contributed by atoms with Crippen LogP contribution in [0.25, 0.3) is 11.1 Å². The van der Waals surface area contributed by atoms with Crippen molar-refractivity contribution in [3.63, 3.8) is 0 Å². The van der Waals surface area contributed by atoms with Crippen LogP contribution in [0.3, 0.4) is 0 Å². The molecule has 12 heteroatoms. The van der Waals surface area contributed by atoms with Crippen molar-refractivity contribution in [3.8, 4) is 22.9 Å². The Labute approximate surface area is 236 Å². The lowest BCUT2D eigenvalue weighted by molar-refractivity contribution is -0.137. The van der Waals surface area contributed by atoms with Gasteiger partial charge in [-0.2, -0.15) is 18.4 Å². The van der Waals surface area contributed by atoms with Gasteiger partial charge >= 0.3 is 6.18 Å². The molecule has 3 aromatic rings. The van der Waals surface area contributed by atoms with Crippen LogP contribution in [0.4, 0.5) is 18.9 Å². The van der Waals surface area contributed by atoms with Gasteiger partial charge in [-0.3, -0.25) is 4.79 Å². The van der Waals surface area contributed by atoms with E-state index in [2.05, 4.69) is 5.32 Å². The minimum atomic E-state index is -4.87. The van der Waals surface area contributed by atoms with E-state index in [4.69, 9.17) is 10.00 Å². The highest BCUT2D eigenvalue weighted by molar-refractivity contribution is 7.91. The van der Waals surface area contributed by atoms with E-state index < -0.39 is 44.4 Å². The molecule has 3 aromatic carbocycles. The predicted molar refractivity (Wildman–Crippen MR) is 148 cm³/mol. The number of ether oxygens (including phenoxy) is 1. The van der Waals surface area contributed by atoms with Crippen LogP contribution in [-0.2, 0) is 20.8 Å². The average molecular weight is 590 g/mol. The van der Waals surface area contributed by atoms with E-state index >= 15 is 0 Å². The summed E-state index contributed by atoms with van der Waals surface area (Å²) in [5.74, 6) is -1.84. The Bertz CT molecular complexity index is 1550. The molecular weight excluding hydrogens is 559 g/mol. The summed E-state index contributed by atoms with van der Waals surface area (Å²) in [5.41, 5.74) is -4.02. The minimum absolute atomic E-state index is 0.157. The molecule has 41 heavy (non-hydrogen) atoms. The van der Waals surface area contributed by atoms with Crippen molar-refractivity contribution in [1.29, 1.82) is 5.26 Å². The number of hydrogen-bond donors (Lipinski definition) is 2. The number of hydrogen-bond acceptors (Lipinski definition) is 7. The van der Waals surface area contributed by atoms with Crippen LogP contribution in [0.1, 0.15) is 24.5 Å². The van der Waals surface area contributed by atoms with Gasteiger partial charge in [0.2, 0.25) is 0 Å². The largest absolute Gasteiger partial charge is 0.493 e. The zero-order chi connectivity index (χ0) is 30.4. The fourth-order valence-electron chi connectivity index (χ4n) is 4.07. The number of carbonyl (C=O) groups excluding carboxylic acids is 1. The van der Waals surface area contributed by atoms with Crippen molar-refractivity contribution in [3.05, 3.63) is 77.9 Å². The molecule has 1 atom stereocenters. The summed E-state index contributed by atoms with van der Waals surface area (Å²) in [6.07, 6.45) is -4.13. The Morgan fingerprint density at radius 2 is 1.68 bits per heavy atom. The van der Waals surface area contributed by atoms with E-state index in [0.29, 0.717) is 29.5 Å². The van der Waals surface area contributed by atoms with Crippen LogP contribution >= 0.6 is 0 Å². The zero-order valence-electron chi connectivity index (χ0n) is 22.7. The molecule has 3 rings (SSSR count). The first kappa shape index (κ1) is 31.6. The lowest BCUT2D eigenvalue weighted by atomic mass is 10.0. The van der Waals surface area contributed by atoms with Gasteiger partial charge < -0.3 is 20.1 Å². The van der Waals surface area contributed by atoms with E-state index in [9.17, 15) is 31.5 Å². The number of sulfone groups is 1. The molecule has 0 aromatic heterocycles. The second-order valence-electron chi connectivity index (χ2n) is 9.85. The Balaban J connectivity index is 1.87. The molecule has 0 radical (unpaired) electrons. The summed E-state index contributed by atoms with van der Waals surface area (Å²) in [6.45, 7) is 2.15. The number of carbonyl (C=O) groups is 1. The Morgan fingerprint density at radius 3 is 2.32 bits per heavy atom. The highest BCUT2D eigenvalue weighted by Crippen LogP contribution is 2.36. The average Bonchev–Trinajstić information content (AvgIpc) is 2.90. The first-order chi connectivity index (χ1) is 19.2. The van der Waals surface area contributed by atoms with Gasteiger partial charge in [0.1, 0.15) is 5.75 Å². The first-order valence-corrected chi connectivity index (χ1v) is 14.1. The molecule has 0 aliphatic carbocycles. The lowest BCUT2D eigenvalue weighted by Crippen LogP contribution is -2.45. The molecule has 0 spiro atoms. The van der Waals surface area contributed by atoms with Crippen molar-refractivity contribution in [2.45, 2.75) is 30.0 Å². The highest BCUT2D eigenvalue weighted by Gasteiger charge is 2.39. The number of alkyl halides is 3. The number of para-hydroxylation sites is 1. The number of halogens is 3. The van der Waals surface area contributed by atoms with Crippen molar-refractivity contribution in [2.24, 2.45) is 0 Å². The Kier molecular flexibility index (Phi) is 9.81. The monoisotopic (exact) mass is 589 g/mol. The van der Waals surface area contributed by atoms with Crippen LogP contribution in [-0.4, -0.2) is 62.9 Å². The normalized spacial score (nSPS) is 13.3. The summed E-state index contributed by atoms with van der Waals surface area (Å²) in [7, 11) is -0.448. The second-order valence-corrected chi connectivity index (χ2v) is 11.8. The maximum absolute atomic E-state index is 13.5. The first-order valence-electron chi connectivity index (χ1n) is 12.5. The number of nitrogens with one attached hydrogen (secondary N) is 1. The summed E-state index contributed by atoms with van der Waals surface area (Å²) < 4.78 is 73.0. The number of anilines is 1. The SMILES string of the molecule is CN(C)CCCOc1ccccc1-c1ccccc1S(=O)(=O)CC(C)(O)C(=O)Nc1ccc(C#N)c(C(F)(F)F)c1. The second kappa shape index (κ2) is 12.7. The number of rotatable bonds is 11.